The maximum absolute atomic E-state index is 2.37. The van der Waals surface area contributed by atoms with Gasteiger partial charge in [0.1, 0.15) is 0 Å². The number of hydrogen-bond donors (Lipinski definition) is 0. The summed E-state index contributed by atoms with van der Waals surface area (Å²) >= 11 is 0. The average Bonchev–Trinajstić information content (AvgIpc) is 2.29. The molecule has 1 aliphatic carbocycles. The predicted molar refractivity (Wildman–Crippen MR) is 57.0 cm³/mol. The third-order valence-electron chi connectivity index (χ3n) is 3.17. The predicted octanol–water partition coefficient (Wildman–Crippen LogP) is 3.51. The molecule has 0 N–H and O–H groups in total. The van der Waals surface area contributed by atoms with E-state index in [1.807, 2.05) is 0 Å². The van der Waals surface area contributed by atoms with Crippen LogP contribution >= 0.6 is 0 Å². The summed E-state index contributed by atoms with van der Waals surface area (Å²) in [4.78, 5) is 0. The van der Waals surface area contributed by atoms with Gasteiger partial charge in [-0.2, -0.15) is 0 Å². The van der Waals surface area contributed by atoms with Crippen molar-refractivity contribution < 1.29 is 0 Å². The molecular formula is C13H18. The number of fused-ring (bicyclic) bond motifs is 1. The summed E-state index contributed by atoms with van der Waals surface area (Å²) in [6, 6.07) is 6.94. The van der Waals surface area contributed by atoms with Crippen molar-refractivity contribution in [3.8, 4) is 0 Å². The number of hydrogen-bond acceptors (Lipinski definition) is 0. The molecule has 0 heterocycles. The highest BCUT2D eigenvalue weighted by Gasteiger charge is 2.12. The van der Waals surface area contributed by atoms with E-state index < -0.39 is 0 Å². The van der Waals surface area contributed by atoms with E-state index in [1.54, 1.807) is 11.1 Å². The molecule has 1 aromatic rings. The van der Waals surface area contributed by atoms with E-state index in [0.717, 1.165) is 5.92 Å². The van der Waals surface area contributed by atoms with Gasteiger partial charge in [0.2, 0.25) is 0 Å². The van der Waals surface area contributed by atoms with E-state index >= 15 is 0 Å². The molecule has 0 aliphatic heterocycles. The van der Waals surface area contributed by atoms with Gasteiger partial charge in [0, 0.05) is 0 Å². The summed E-state index contributed by atoms with van der Waals surface area (Å²) in [7, 11) is 0. The van der Waals surface area contributed by atoms with Crippen molar-refractivity contribution in [2.24, 2.45) is 5.92 Å². The Morgan fingerprint density at radius 1 is 1.08 bits per heavy atom. The Kier molecular flexibility index (Phi) is 2.39. The van der Waals surface area contributed by atoms with Crippen LogP contribution in [0.5, 0.6) is 0 Å². The van der Waals surface area contributed by atoms with Gasteiger partial charge < -0.3 is 0 Å². The van der Waals surface area contributed by atoms with Gasteiger partial charge in [-0.3, -0.25) is 0 Å². The summed E-state index contributed by atoms with van der Waals surface area (Å²) < 4.78 is 0. The zero-order valence-electron chi connectivity index (χ0n) is 8.64. The van der Waals surface area contributed by atoms with Gasteiger partial charge in [-0.15, -0.1) is 0 Å². The normalized spacial score (nSPS) is 22.2. The summed E-state index contributed by atoms with van der Waals surface area (Å²) in [5.74, 6) is 0.910. The second-order valence-corrected chi connectivity index (χ2v) is 4.45. The molecule has 0 spiro atoms. The SMILES string of the molecule is Cc1ccc2c(c1)CCC(C)CC2. The van der Waals surface area contributed by atoms with E-state index in [2.05, 4.69) is 32.0 Å². The fourth-order valence-electron chi connectivity index (χ4n) is 2.18. The van der Waals surface area contributed by atoms with Gasteiger partial charge in [0.15, 0.2) is 0 Å². The van der Waals surface area contributed by atoms with Gasteiger partial charge in [-0.25, -0.2) is 0 Å². The van der Waals surface area contributed by atoms with E-state index in [0.29, 0.717) is 0 Å². The number of aryl methyl sites for hydroxylation is 3. The highest BCUT2D eigenvalue weighted by Crippen LogP contribution is 2.24. The molecule has 0 aromatic heterocycles. The van der Waals surface area contributed by atoms with Crippen molar-refractivity contribution in [1.29, 1.82) is 0 Å². The van der Waals surface area contributed by atoms with E-state index in [1.165, 1.54) is 31.2 Å². The largest absolute Gasteiger partial charge is 0.0625 e. The van der Waals surface area contributed by atoms with Gasteiger partial charge in [0.25, 0.3) is 0 Å². The first-order valence-corrected chi connectivity index (χ1v) is 5.34. The highest BCUT2D eigenvalue weighted by atomic mass is 14.2. The standard InChI is InChI=1S/C13H18/c1-10-3-6-12-7-5-11(2)9-13(12)8-4-10/h5,7,9-10H,3-4,6,8H2,1-2H3. The van der Waals surface area contributed by atoms with Crippen LogP contribution in [0.15, 0.2) is 18.2 Å². The van der Waals surface area contributed by atoms with Crippen LogP contribution < -0.4 is 0 Å². The number of benzene rings is 1. The van der Waals surface area contributed by atoms with Gasteiger partial charge in [-0.05, 0) is 49.7 Å². The third-order valence-corrected chi connectivity index (χ3v) is 3.17. The molecule has 1 unspecified atom stereocenters. The molecule has 0 nitrogen and oxygen atoms in total. The molecule has 0 fully saturated rings. The van der Waals surface area contributed by atoms with Gasteiger partial charge >= 0.3 is 0 Å². The Balaban J connectivity index is 2.30. The minimum Gasteiger partial charge on any atom is -0.0625 e. The van der Waals surface area contributed by atoms with E-state index in [-0.39, 0.29) is 0 Å². The van der Waals surface area contributed by atoms with Crippen LogP contribution in [0.1, 0.15) is 36.5 Å². The first-order valence-electron chi connectivity index (χ1n) is 5.34. The maximum Gasteiger partial charge on any atom is -0.0274 e. The Hall–Kier alpha value is -0.780. The second-order valence-electron chi connectivity index (χ2n) is 4.45. The van der Waals surface area contributed by atoms with Crippen molar-refractivity contribution in [3.05, 3.63) is 34.9 Å². The monoisotopic (exact) mass is 174 g/mol. The molecule has 13 heavy (non-hydrogen) atoms. The first-order chi connectivity index (χ1) is 6.25. The molecule has 0 saturated heterocycles. The van der Waals surface area contributed by atoms with Crippen LogP contribution in [0.2, 0.25) is 0 Å². The lowest BCUT2D eigenvalue weighted by molar-refractivity contribution is 0.510. The van der Waals surface area contributed by atoms with Crippen LogP contribution in [0.25, 0.3) is 0 Å². The fourth-order valence-corrected chi connectivity index (χ4v) is 2.18. The number of rotatable bonds is 0. The van der Waals surface area contributed by atoms with Crippen molar-refractivity contribution in [2.45, 2.75) is 39.5 Å². The maximum atomic E-state index is 2.37. The first kappa shape index (κ1) is 8.80. The van der Waals surface area contributed by atoms with Crippen molar-refractivity contribution in [3.63, 3.8) is 0 Å². The Labute approximate surface area is 81.0 Å². The molecule has 0 bridgehead atoms. The lowest BCUT2D eigenvalue weighted by Gasteiger charge is -2.05. The lowest BCUT2D eigenvalue weighted by atomic mass is 10.0. The summed E-state index contributed by atoms with van der Waals surface area (Å²) in [6.45, 7) is 4.56. The molecule has 1 atom stereocenters. The quantitative estimate of drug-likeness (QED) is 0.528. The molecule has 0 heteroatoms. The molecule has 2 rings (SSSR count). The zero-order chi connectivity index (χ0) is 9.26. The molecule has 0 radical (unpaired) electrons. The fraction of sp³-hybridized carbons (Fsp3) is 0.538. The zero-order valence-corrected chi connectivity index (χ0v) is 8.64. The van der Waals surface area contributed by atoms with Gasteiger partial charge in [0.05, 0.1) is 0 Å². The van der Waals surface area contributed by atoms with Gasteiger partial charge in [-0.1, -0.05) is 30.7 Å². The summed E-state index contributed by atoms with van der Waals surface area (Å²) in [5, 5.41) is 0. The van der Waals surface area contributed by atoms with E-state index in [4.69, 9.17) is 0 Å². The molecular weight excluding hydrogens is 156 g/mol. The third kappa shape index (κ3) is 1.93. The van der Waals surface area contributed by atoms with Crippen LogP contribution in [0, 0.1) is 12.8 Å². The average molecular weight is 174 g/mol. The van der Waals surface area contributed by atoms with E-state index in [9.17, 15) is 0 Å². The summed E-state index contributed by atoms with van der Waals surface area (Å²) in [5.41, 5.74) is 4.60. The summed E-state index contributed by atoms with van der Waals surface area (Å²) in [6.07, 6.45) is 5.32. The molecule has 1 aromatic carbocycles. The minimum absolute atomic E-state index is 0.910. The molecule has 70 valence electrons. The van der Waals surface area contributed by atoms with Crippen molar-refractivity contribution in [2.75, 3.05) is 0 Å². The van der Waals surface area contributed by atoms with Crippen LogP contribution in [-0.2, 0) is 12.8 Å². The smallest absolute Gasteiger partial charge is 0.0274 e. The topological polar surface area (TPSA) is 0 Å². The molecule has 0 saturated carbocycles. The van der Waals surface area contributed by atoms with Crippen molar-refractivity contribution in [1.82, 2.24) is 0 Å². The Morgan fingerprint density at radius 3 is 2.54 bits per heavy atom. The van der Waals surface area contributed by atoms with Crippen LogP contribution in [-0.4, -0.2) is 0 Å². The van der Waals surface area contributed by atoms with Crippen molar-refractivity contribution >= 4 is 0 Å². The Bertz CT molecular complexity index is 299. The van der Waals surface area contributed by atoms with Crippen LogP contribution in [0.4, 0.5) is 0 Å². The second kappa shape index (κ2) is 3.53. The molecule has 0 amide bonds. The highest BCUT2D eigenvalue weighted by molar-refractivity contribution is 5.32. The Morgan fingerprint density at radius 2 is 1.77 bits per heavy atom. The lowest BCUT2D eigenvalue weighted by Crippen LogP contribution is -1.92. The minimum atomic E-state index is 0.910. The molecule has 1 aliphatic rings. The van der Waals surface area contributed by atoms with Crippen LogP contribution in [0.3, 0.4) is 0 Å².